The number of benzene rings is 1. The van der Waals surface area contributed by atoms with Crippen molar-refractivity contribution in [2.75, 3.05) is 0 Å². The molecule has 0 aliphatic carbocycles. The molecule has 0 saturated carbocycles. The summed E-state index contributed by atoms with van der Waals surface area (Å²) in [6, 6.07) is 3.21. The Balaban J connectivity index is 2.34. The molecule has 0 fully saturated rings. The van der Waals surface area contributed by atoms with Gasteiger partial charge in [0.05, 0.1) is 5.56 Å². The Hall–Kier alpha value is -2.86. The maximum atomic E-state index is 14.4. The standard InChI is InChI=1S/C15H8F5N3O3S/c16-9-5-11(27(21,24)25)10(17)4-8(9)12-13(7-2-1-3-22-6-7)23-26-14(12)15(18,19)20/h1-6H,(H2,21,24,25). The number of pyridine rings is 1. The van der Waals surface area contributed by atoms with Crippen LogP contribution in [0.1, 0.15) is 5.76 Å². The lowest BCUT2D eigenvalue weighted by molar-refractivity contribution is -0.154. The molecule has 0 aliphatic rings. The fourth-order valence-electron chi connectivity index (χ4n) is 2.37. The van der Waals surface area contributed by atoms with Gasteiger partial charge in [-0.1, -0.05) is 5.16 Å². The van der Waals surface area contributed by atoms with Crippen molar-refractivity contribution in [2.45, 2.75) is 11.1 Å². The lowest BCUT2D eigenvalue weighted by atomic mass is 9.99. The number of nitrogens with two attached hydrogens (primary N) is 1. The summed E-state index contributed by atoms with van der Waals surface area (Å²) >= 11 is 0. The monoisotopic (exact) mass is 405 g/mol. The third-order valence-corrected chi connectivity index (χ3v) is 4.41. The molecule has 2 heterocycles. The number of rotatable bonds is 3. The Morgan fingerprint density at radius 3 is 2.37 bits per heavy atom. The molecule has 27 heavy (non-hydrogen) atoms. The van der Waals surface area contributed by atoms with Crippen molar-refractivity contribution in [3.63, 3.8) is 0 Å². The molecule has 2 N–H and O–H groups in total. The maximum Gasteiger partial charge on any atom is 0.453 e. The highest BCUT2D eigenvalue weighted by atomic mass is 32.2. The first-order valence-electron chi connectivity index (χ1n) is 6.99. The van der Waals surface area contributed by atoms with E-state index in [2.05, 4.69) is 14.7 Å². The highest BCUT2D eigenvalue weighted by Gasteiger charge is 2.42. The van der Waals surface area contributed by atoms with Gasteiger partial charge in [0.15, 0.2) is 0 Å². The van der Waals surface area contributed by atoms with E-state index in [9.17, 15) is 30.4 Å². The molecule has 0 saturated heterocycles. The number of hydrogen-bond acceptors (Lipinski definition) is 5. The van der Waals surface area contributed by atoms with Crippen LogP contribution in [0.25, 0.3) is 22.4 Å². The number of halogens is 5. The molecule has 6 nitrogen and oxygen atoms in total. The summed E-state index contributed by atoms with van der Waals surface area (Å²) in [6.07, 6.45) is -2.59. The zero-order valence-electron chi connectivity index (χ0n) is 13.0. The van der Waals surface area contributed by atoms with E-state index in [1.54, 1.807) is 0 Å². The van der Waals surface area contributed by atoms with Crippen molar-refractivity contribution in [1.29, 1.82) is 0 Å². The van der Waals surface area contributed by atoms with E-state index in [1.807, 2.05) is 0 Å². The van der Waals surface area contributed by atoms with Crippen molar-refractivity contribution < 1.29 is 34.9 Å². The van der Waals surface area contributed by atoms with Gasteiger partial charge in [0.25, 0.3) is 0 Å². The molecule has 0 atom stereocenters. The van der Waals surface area contributed by atoms with E-state index in [4.69, 9.17) is 5.14 Å². The first kappa shape index (κ1) is 18.9. The summed E-state index contributed by atoms with van der Waals surface area (Å²) < 4.78 is 95.3. The average molecular weight is 405 g/mol. The number of aromatic nitrogens is 2. The number of nitrogens with zero attached hydrogens (tertiary/aromatic N) is 2. The minimum atomic E-state index is -5.08. The van der Waals surface area contributed by atoms with Gasteiger partial charge in [0.2, 0.25) is 15.8 Å². The second-order valence-electron chi connectivity index (χ2n) is 5.28. The maximum absolute atomic E-state index is 14.4. The van der Waals surface area contributed by atoms with Gasteiger partial charge in [-0.3, -0.25) is 4.98 Å². The Labute approximate surface area is 148 Å². The van der Waals surface area contributed by atoms with Crippen LogP contribution >= 0.6 is 0 Å². The first-order chi connectivity index (χ1) is 12.5. The molecule has 0 bridgehead atoms. The van der Waals surface area contributed by atoms with Gasteiger partial charge >= 0.3 is 6.18 Å². The van der Waals surface area contributed by atoms with Crippen LogP contribution in [0.15, 0.2) is 46.1 Å². The molecule has 1 aromatic carbocycles. The van der Waals surface area contributed by atoms with Gasteiger partial charge in [0.1, 0.15) is 22.2 Å². The summed E-state index contributed by atoms with van der Waals surface area (Å²) in [5, 5.41) is 8.07. The Morgan fingerprint density at radius 1 is 1.11 bits per heavy atom. The highest BCUT2D eigenvalue weighted by molar-refractivity contribution is 7.89. The lowest BCUT2D eigenvalue weighted by Gasteiger charge is -2.10. The van der Waals surface area contributed by atoms with Crippen LogP contribution in [0, 0.1) is 11.6 Å². The van der Waals surface area contributed by atoms with Gasteiger partial charge in [-0.05, 0) is 24.3 Å². The van der Waals surface area contributed by atoms with Crippen LogP contribution < -0.4 is 5.14 Å². The molecule has 0 unspecified atom stereocenters. The van der Waals surface area contributed by atoms with Crippen LogP contribution in [0.5, 0.6) is 0 Å². The smallest absolute Gasteiger partial charge is 0.350 e. The summed E-state index contributed by atoms with van der Waals surface area (Å²) in [6.45, 7) is 0. The fraction of sp³-hybridized carbons (Fsp3) is 0.0667. The molecular formula is C15H8F5N3O3S. The molecule has 0 radical (unpaired) electrons. The van der Waals surface area contributed by atoms with Crippen LogP contribution in [-0.2, 0) is 16.2 Å². The van der Waals surface area contributed by atoms with Gasteiger partial charge in [-0.2, -0.15) is 13.2 Å². The quantitative estimate of drug-likeness (QED) is 0.674. The lowest BCUT2D eigenvalue weighted by Crippen LogP contribution is -2.15. The second-order valence-corrected chi connectivity index (χ2v) is 6.81. The molecular weight excluding hydrogens is 397 g/mol. The minimum absolute atomic E-state index is 0.0436. The van der Waals surface area contributed by atoms with Gasteiger partial charge in [-0.15, -0.1) is 0 Å². The SMILES string of the molecule is NS(=O)(=O)c1cc(F)c(-c2c(-c3cccnc3)noc2C(F)(F)F)cc1F. The van der Waals surface area contributed by atoms with E-state index in [0.29, 0.717) is 0 Å². The summed E-state index contributed by atoms with van der Waals surface area (Å²) in [5.74, 6) is -4.66. The topological polar surface area (TPSA) is 99.1 Å². The summed E-state index contributed by atoms with van der Waals surface area (Å²) in [5.41, 5.74) is -2.20. The Kier molecular flexibility index (Phi) is 4.48. The highest BCUT2D eigenvalue weighted by Crippen LogP contribution is 2.43. The van der Waals surface area contributed by atoms with Crippen molar-refractivity contribution in [2.24, 2.45) is 5.14 Å². The van der Waals surface area contributed by atoms with E-state index in [0.717, 1.165) is 6.20 Å². The molecule has 3 aromatic rings. The number of primary sulfonamides is 1. The predicted octanol–water partition coefficient (Wildman–Crippen LogP) is 3.35. The normalized spacial score (nSPS) is 12.4. The fourth-order valence-corrected chi connectivity index (χ4v) is 2.97. The zero-order valence-corrected chi connectivity index (χ0v) is 13.8. The van der Waals surface area contributed by atoms with Crippen molar-refractivity contribution in [3.05, 3.63) is 54.1 Å². The first-order valence-corrected chi connectivity index (χ1v) is 8.54. The molecule has 12 heteroatoms. The predicted molar refractivity (Wildman–Crippen MR) is 81.5 cm³/mol. The summed E-state index contributed by atoms with van der Waals surface area (Å²) in [4.78, 5) is 2.53. The second kappa shape index (κ2) is 6.39. The van der Waals surface area contributed by atoms with Crippen molar-refractivity contribution in [1.82, 2.24) is 10.1 Å². The van der Waals surface area contributed by atoms with E-state index >= 15 is 0 Å². The molecule has 0 aliphatic heterocycles. The van der Waals surface area contributed by atoms with Crippen LogP contribution in [0.2, 0.25) is 0 Å². The third kappa shape index (κ3) is 3.53. The number of hydrogen-bond donors (Lipinski definition) is 1. The molecule has 0 amide bonds. The molecule has 3 rings (SSSR count). The number of sulfonamides is 1. The molecule has 142 valence electrons. The molecule has 0 spiro atoms. The van der Waals surface area contributed by atoms with Crippen molar-refractivity contribution >= 4 is 10.0 Å². The van der Waals surface area contributed by atoms with E-state index in [-0.39, 0.29) is 17.7 Å². The number of alkyl halides is 3. The summed E-state index contributed by atoms with van der Waals surface area (Å²) in [7, 11) is -4.63. The van der Waals surface area contributed by atoms with Gasteiger partial charge in [0, 0.05) is 23.5 Å². The van der Waals surface area contributed by atoms with Crippen LogP contribution in [0.4, 0.5) is 22.0 Å². The van der Waals surface area contributed by atoms with Gasteiger partial charge in [-0.25, -0.2) is 22.3 Å². The Bertz CT molecular complexity index is 1110. The van der Waals surface area contributed by atoms with Gasteiger partial charge < -0.3 is 4.52 Å². The zero-order chi connectivity index (χ0) is 20.0. The van der Waals surface area contributed by atoms with Crippen molar-refractivity contribution in [3.8, 4) is 22.4 Å². The van der Waals surface area contributed by atoms with Crippen LogP contribution in [-0.4, -0.2) is 18.6 Å². The molecule has 2 aromatic heterocycles. The van der Waals surface area contributed by atoms with Crippen LogP contribution in [0.3, 0.4) is 0 Å². The van der Waals surface area contributed by atoms with E-state index < -0.39 is 55.3 Å². The minimum Gasteiger partial charge on any atom is -0.350 e. The third-order valence-electron chi connectivity index (χ3n) is 3.48. The largest absolute Gasteiger partial charge is 0.453 e. The van der Waals surface area contributed by atoms with E-state index in [1.165, 1.54) is 18.3 Å². The Morgan fingerprint density at radius 2 is 1.81 bits per heavy atom. The average Bonchev–Trinajstić information content (AvgIpc) is 3.01.